The number of nitrogens with zero attached hydrogens (tertiary/aromatic N) is 4. The molecule has 8 heteroatoms. The van der Waals surface area contributed by atoms with Crippen molar-refractivity contribution in [3.05, 3.63) is 46.1 Å². The first kappa shape index (κ1) is 14.9. The molecule has 2 heterocycles. The van der Waals surface area contributed by atoms with Crippen LogP contribution in [0.2, 0.25) is 0 Å². The van der Waals surface area contributed by atoms with Crippen LogP contribution in [-0.2, 0) is 11.3 Å². The van der Waals surface area contributed by atoms with Gasteiger partial charge in [-0.2, -0.15) is 0 Å². The van der Waals surface area contributed by atoms with Crippen LogP contribution < -0.4 is 10.9 Å². The van der Waals surface area contributed by atoms with Crippen molar-refractivity contribution >= 4 is 22.5 Å². The molecule has 3 aromatic rings. The van der Waals surface area contributed by atoms with Crippen LogP contribution in [0, 0.1) is 13.8 Å². The van der Waals surface area contributed by atoms with E-state index < -0.39 is 0 Å². The van der Waals surface area contributed by atoms with Crippen LogP contribution in [0.3, 0.4) is 0 Å². The highest BCUT2D eigenvalue weighted by molar-refractivity contribution is 5.91. The van der Waals surface area contributed by atoms with E-state index in [0.717, 1.165) is 0 Å². The van der Waals surface area contributed by atoms with Crippen molar-refractivity contribution in [2.24, 2.45) is 0 Å². The molecule has 0 spiro atoms. The molecule has 0 aliphatic carbocycles. The van der Waals surface area contributed by atoms with E-state index in [0.29, 0.717) is 28.0 Å². The lowest BCUT2D eigenvalue weighted by Crippen LogP contribution is -2.26. The van der Waals surface area contributed by atoms with E-state index in [1.807, 2.05) is 0 Å². The van der Waals surface area contributed by atoms with Gasteiger partial charge in [0.05, 0.1) is 11.9 Å². The van der Waals surface area contributed by atoms with E-state index >= 15 is 0 Å². The zero-order valence-electron chi connectivity index (χ0n) is 12.7. The smallest absolute Gasteiger partial charge is 0.277 e. The first-order valence-corrected chi connectivity index (χ1v) is 7.11. The van der Waals surface area contributed by atoms with E-state index in [2.05, 4.69) is 20.8 Å². The molecule has 0 aliphatic heterocycles. The average Bonchev–Trinajstić information content (AvgIpc) is 2.86. The molecule has 0 atom stereocenters. The maximum absolute atomic E-state index is 12.3. The highest BCUT2D eigenvalue weighted by Crippen LogP contribution is 2.18. The van der Waals surface area contributed by atoms with Crippen LogP contribution in [0.5, 0.6) is 0 Å². The van der Waals surface area contributed by atoms with Crippen LogP contribution >= 0.6 is 0 Å². The van der Waals surface area contributed by atoms with Crippen molar-refractivity contribution in [1.29, 1.82) is 0 Å². The highest BCUT2D eigenvalue weighted by Gasteiger charge is 2.13. The Morgan fingerprint density at radius 3 is 2.83 bits per heavy atom. The van der Waals surface area contributed by atoms with E-state index in [9.17, 15) is 9.59 Å². The second-order valence-electron chi connectivity index (χ2n) is 5.13. The summed E-state index contributed by atoms with van der Waals surface area (Å²) in [7, 11) is 0. The number of amides is 1. The van der Waals surface area contributed by atoms with Crippen LogP contribution in [0.25, 0.3) is 10.9 Å². The summed E-state index contributed by atoms with van der Waals surface area (Å²) in [5.41, 5.74) is 1.44. The fraction of sp³-hybridized carbons (Fsp3) is 0.267. The average molecular weight is 313 g/mol. The van der Waals surface area contributed by atoms with Gasteiger partial charge in [0, 0.05) is 6.42 Å². The van der Waals surface area contributed by atoms with Crippen LogP contribution in [0.1, 0.15) is 17.9 Å². The number of benzene rings is 1. The predicted molar refractivity (Wildman–Crippen MR) is 83.0 cm³/mol. The number of carbonyl (C=O) groups excluding carboxylic acids is 1. The number of nitrogens with one attached hydrogen (secondary N) is 1. The standard InChI is InChI=1S/C15H15N5O3/c1-9-14(10(2)23-18-9)16-13(21)7-8-20-15(22)11-5-3-4-6-12(11)17-19-20/h3-6H,7-8H2,1-2H3,(H,16,21). The first-order chi connectivity index (χ1) is 11.1. The van der Waals surface area contributed by atoms with Crippen molar-refractivity contribution in [3.63, 3.8) is 0 Å². The van der Waals surface area contributed by atoms with Crippen molar-refractivity contribution in [1.82, 2.24) is 20.2 Å². The summed E-state index contributed by atoms with van der Waals surface area (Å²) in [4.78, 5) is 24.3. The quantitative estimate of drug-likeness (QED) is 0.781. The van der Waals surface area contributed by atoms with Gasteiger partial charge in [-0.3, -0.25) is 9.59 Å². The van der Waals surface area contributed by atoms with Crippen molar-refractivity contribution in [2.75, 3.05) is 5.32 Å². The lowest BCUT2D eigenvalue weighted by Gasteiger charge is -2.06. The van der Waals surface area contributed by atoms with Gasteiger partial charge in [-0.05, 0) is 26.0 Å². The number of hydrogen-bond acceptors (Lipinski definition) is 6. The fourth-order valence-electron chi connectivity index (χ4n) is 2.24. The summed E-state index contributed by atoms with van der Waals surface area (Å²) in [5, 5.41) is 14.8. The maximum Gasteiger partial charge on any atom is 0.277 e. The molecule has 23 heavy (non-hydrogen) atoms. The van der Waals surface area contributed by atoms with E-state index in [-0.39, 0.29) is 24.4 Å². The Morgan fingerprint density at radius 2 is 2.09 bits per heavy atom. The lowest BCUT2D eigenvalue weighted by molar-refractivity contribution is -0.116. The Morgan fingerprint density at radius 1 is 1.30 bits per heavy atom. The maximum atomic E-state index is 12.3. The van der Waals surface area contributed by atoms with Gasteiger partial charge in [-0.1, -0.05) is 22.5 Å². The van der Waals surface area contributed by atoms with E-state index in [1.54, 1.807) is 38.1 Å². The molecule has 0 fully saturated rings. The number of aromatic nitrogens is 4. The summed E-state index contributed by atoms with van der Waals surface area (Å²) < 4.78 is 6.17. The van der Waals surface area contributed by atoms with Crippen LogP contribution in [0.4, 0.5) is 5.69 Å². The normalized spacial score (nSPS) is 10.9. The van der Waals surface area contributed by atoms with Gasteiger partial charge >= 0.3 is 0 Å². The molecule has 0 saturated heterocycles. The summed E-state index contributed by atoms with van der Waals surface area (Å²) in [6.45, 7) is 3.60. The second-order valence-corrected chi connectivity index (χ2v) is 5.13. The van der Waals surface area contributed by atoms with Gasteiger partial charge in [0.1, 0.15) is 16.9 Å². The molecular formula is C15H15N5O3. The monoisotopic (exact) mass is 313 g/mol. The Labute approximate surface area is 131 Å². The minimum Gasteiger partial charge on any atom is -0.359 e. The van der Waals surface area contributed by atoms with Crippen molar-refractivity contribution in [3.8, 4) is 0 Å². The molecule has 0 bridgehead atoms. The topological polar surface area (TPSA) is 103 Å². The van der Waals surface area contributed by atoms with Gasteiger partial charge in [0.15, 0.2) is 5.76 Å². The molecule has 3 rings (SSSR count). The third-order valence-corrected chi connectivity index (χ3v) is 3.48. The zero-order chi connectivity index (χ0) is 16.4. The molecule has 1 aromatic carbocycles. The molecule has 2 aromatic heterocycles. The van der Waals surface area contributed by atoms with E-state index in [4.69, 9.17) is 4.52 Å². The molecule has 1 N–H and O–H groups in total. The Hall–Kier alpha value is -3.03. The molecule has 8 nitrogen and oxygen atoms in total. The summed E-state index contributed by atoms with van der Waals surface area (Å²) in [5.74, 6) is 0.291. The van der Waals surface area contributed by atoms with Crippen LogP contribution in [-0.4, -0.2) is 26.1 Å². The van der Waals surface area contributed by atoms with Gasteiger partial charge in [0.25, 0.3) is 5.56 Å². The molecule has 0 aliphatic rings. The molecule has 1 amide bonds. The third-order valence-electron chi connectivity index (χ3n) is 3.48. The fourth-order valence-corrected chi connectivity index (χ4v) is 2.24. The van der Waals surface area contributed by atoms with Gasteiger partial charge in [-0.25, -0.2) is 4.68 Å². The van der Waals surface area contributed by atoms with Gasteiger partial charge < -0.3 is 9.84 Å². The van der Waals surface area contributed by atoms with E-state index in [1.165, 1.54) is 4.68 Å². The number of anilines is 1. The second kappa shape index (κ2) is 5.99. The Balaban J connectivity index is 1.72. The Bertz CT molecular complexity index is 909. The number of hydrogen-bond donors (Lipinski definition) is 1. The summed E-state index contributed by atoms with van der Waals surface area (Å²) in [6, 6.07) is 6.96. The Kier molecular flexibility index (Phi) is 3.88. The molecular weight excluding hydrogens is 298 g/mol. The molecule has 0 radical (unpaired) electrons. The van der Waals surface area contributed by atoms with Gasteiger partial charge in [-0.15, -0.1) is 5.10 Å². The minimum absolute atomic E-state index is 0.0942. The van der Waals surface area contributed by atoms with Crippen molar-refractivity contribution in [2.45, 2.75) is 26.8 Å². The predicted octanol–water partition coefficient (Wildman–Crippen LogP) is 1.43. The third kappa shape index (κ3) is 2.96. The number of fused-ring (bicyclic) bond motifs is 1. The number of rotatable bonds is 4. The zero-order valence-corrected chi connectivity index (χ0v) is 12.7. The van der Waals surface area contributed by atoms with Gasteiger partial charge in [0.2, 0.25) is 5.91 Å². The molecule has 0 unspecified atom stereocenters. The highest BCUT2D eigenvalue weighted by atomic mass is 16.5. The number of aryl methyl sites for hydroxylation is 3. The summed E-state index contributed by atoms with van der Waals surface area (Å²) in [6.07, 6.45) is 0.0942. The lowest BCUT2D eigenvalue weighted by atomic mass is 10.2. The SMILES string of the molecule is Cc1noc(C)c1NC(=O)CCn1nnc2ccccc2c1=O. The first-order valence-electron chi connectivity index (χ1n) is 7.11. The molecule has 118 valence electrons. The largest absolute Gasteiger partial charge is 0.359 e. The summed E-state index contributed by atoms with van der Waals surface area (Å²) >= 11 is 0. The minimum atomic E-state index is -0.263. The van der Waals surface area contributed by atoms with Crippen LogP contribution in [0.15, 0.2) is 33.6 Å². The number of carbonyl (C=O) groups is 1. The molecule has 0 saturated carbocycles. The van der Waals surface area contributed by atoms with Crippen molar-refractivity contribution < 1.29 is 9.32 Å².